The molecule has 3 rings (SSSR count). The van der Waals surface area contributed by atoms with Gasteiger partial charge in [-0.2, -0.15) is 4.31 Å². The van der Waals surface area contributed by atoms with Gasteiger partial charge >= 0.3 is 0 Å². The second-order valence-corrected chi connectivity index (χ2v) is 10.4. The molecule has 0 unspecified atom stereocenters. The number of rotatable bonds is 7. The number of amides is 1. The summed E-state index contributed by atoms with van der Waals surface area (Å²) < 4.78 is 26.4. The van der Waals surface area contributed by atoms with Crippen LogP contribution in [0.1, 0.15) is 39.5 Å². The Morgan fingerprint density at radius 1 is 1.25 bits per heavy atom. The molecule has 0 spiro atoms. The molecule has 1 aromatic rings. The highest BCUT2D eigenvalue weighted by molar-refractivity contribution is 7.89. The van der Waals surface area contributed by atoms with Crippen LogP contribution in [0.2, 0.25) is 0 Å². The maximum absolute atomic E-state index is 12.5. The van der Waals surface area contributed by atoms with Gasteiger partial charge in [0, 0.05) is 38.6 Å². The number of piperidine rings is 2. The van der Waals surface area contributed by atoms with Gasteiger partial charge < -0.3 is 15.2 Å². The Bertz CT molecular complexity index is 719. The summed E-state index contributed by atoms with van der Waals surface area (Å²) in [7, 11) is -3.53. The molecule has 2 fully saturated rings. The Morgan fingerprint density at radius 2 is 1.93 bits per heavy atom. The zero-order valence-electron chi connectivity index (χ0n) is 16.9. The Labute approximate surface area is 168 Å². The first-order valence-corrected chi connectivity index (χ1v) is 11.8. The Hall–Kier alpha value is -1.45. The number of carbonyl (C=O) groups is 1. The largest absolute Gasteiger partial charge is 0.356 e. The topological polar surface area (TPSA) is 98.4 Å². The van der Waals surface area contributed by atoms with Gasteiger partial charge in [0.15, 0.2) is 5.03 Å². The van der Waals surface area contributed by atoms with E-state index in [0.717, 1.165) is 37.9 Å². The Morgan fingerprint density at radius 3 is 2.54 bits per heavy atom. The fourth-order valence-corrected chi connectivity index (χ4v) is 5.88. The van der Waals surface area contributed by atoms with Crippen LogP contribution in [0.3, 0.4) is 0 Å². The van der Waals surface area contributed by atoms with Crippen molar-refractivity contribution in [2.24, 2.45) is 17.8 Å². The highest BCUT2D eigenvalue weighted by Crippen LogP contribution is 2.23. The minimum atomic E-state index is -3.53. The first kappa shape index (κ1) is 21.3. The van der Waals surface area contributed by atoms with E-state index in [9.17, 15) is 13.2 Å². The molecule has 0 aromatic carbocycles. The van der Waals surface area contributed by atoms with Crippen molar-refractivity contribution in [1.29, 1.82) is 0 Å². The predicted octanol–water partition coefficient (Wildman–Crippen LogP) is 1.29. The molecule has 0 radical (unpaired) electrons. The molecule has 9 heteroatoms. The number of hydrogen-bond acceptors (Lipinski definition) is 5. The van der Waals surface area contributed by atoms with Gasteiger partial charge in [0.25, 0.3) is 10.0 Å². The number of likely N-dealkylation sites (tertiary alicyclic amines) is 1. The molecule has 1 amide bonds. The number of nitrogens with zero attached hydrogens (tertiary/aromatic N) is 3. The molecule has 2 atom stereocenters. The lowest BCUT2D eigenvalue weighted by Crippen LogP contribution is -2.43. The van der Waals surface area contributed by atoms with E-state index in [1.807, 2.05) is 0 Å². The van der Waals surface area contributed by atoms with Crippen molar-refractivity contribution in [2.45, 2.75) is 44.6 Å². The van der Waals surface area contributed by atoms with E-state index in [1.54, 1.807) is 0 Å². The Kier molecular flexibility index (Phi) is 7.11. The lowest BCUT2D eigenvalue weighted by atomic mass is 9.92. The van der Waals surface area contributed by atoms with Crippen LogP contribution in [0.5, 0.6) is 0 Å². The van der Waals surface area contributed by atoms with Crippen molar-refractivity contribution < 1.29 is 13.2 Å². The smallest absolute Gasteiger partial charge is 0.260 e. The van der Waals surface area contributed by atoms with Gasteiger partial charge in [-0.05, 0) is 44.1 Å². The summed E-state index contributed by atoms with van der Waals surface area (Å²) in [5.74, 6) is 1.45. The summed E-state index contributed by atoms with van der Waals surface area (Å²) in [6, 6.07) is 0. The number of aromatic amines is 1. The third kappa shape index (κ3) is 5.33. The minimum absolute atomic E-state index is 0.0546. The number of imidazole rings is 1. The summed E-state index contributed by atoms with van der Waals surface area (Å²) in [5.41, 5.74) is 0. The average molecular weight is 412 g/mol. The molecule has 2 aliphatic heterocycles. The SMILES string of the molecule is C[C@H]1C[C@H](C)CN(CCCNC(=O)C2CCN(S(=O)(=O)c3cnc[nH]3)CC2)C1. The molecule has 0 bridgehead atoms. The maximum Gasteiger partial charge on any atom is 0.260 e. The third-order valence-corrected chi connectivity index (χ3v) is 7.63. The van der Waals surface area contributed by atoms with Gasteiger partial charge in [0.05, 0.1) is 12.5 Å². The van der Waals surface area contributed by atoms with Crippen LogP contribution in [-0.2, 0) is 14.8 Å². The second kappa shape index (κ2) is 9.37. The van der Waals surface area contributed by atoms with Crippen molar-refractivity contribution in [2.75, 3.05) is 39.3 Å². The molecule has 8 nitrogen and oxygen atoms in total. The molecule has 28 heavy (non-hydrogen) atoms. The molecule has 0 saturated carbocycles. The summed E-state index contributed by atoms with van der Waals surface area (Å²) in [5, 5.41) is 3.15. The minimum Gasteiger partial charge on any atom is -0.356 e. The molecule has 3 heterocycles. The normalized spacial score (nSPS) is 25.6. The molecule has 0 aliphatic carbocycles. The molecular formula is C19H33N5O3S. The highest BCUT2D eigenvalue weighted by Gasteiger charge is 2.32. The quantitative estimate of drug-likeness (QED) is 0.659. The van der Waals surface area contributed by atoms with Crippen LogP contribution < -0.4 is 5.32 Å². The molecule has 2 N–H and O–H groups in total. The molecule has 2 saturated heterocycles. The zero-order chi connectivity index (χ0) is 20.1. The van der Waals surface area contributed by atoms with Crippen molar-refractivity contribution in [3.63, 3.8) is 0 Å². The van der Waals surface area contributed by atoms with E-state index >= 15 is 0 Å². The van der Waals surface area contributed by atoms with Gasteiger partial charge in [-0.3, -0.25) is 4.79 Å². The van der Waals surface area contributed by atoms with Crippen LogP contribution in [0.4, 0.5) is 0 Å². The zero-order valence-corrected chi connectivity index (χ0v) is 17.7. The van der Waals surface area contributed by atoms with Gasteiger partial charge in [-0.15, -0.1) is 0 Å². The number of hydrogen-bond donors (Lipinski definition) is 2. The summed E-state index contributed by atoms with van der Waals surface area (Å²) in [6.45, 7) is 9.36. The number of carbonyl (C=O) groups excluding carboxylic acids is 1. The van der Waals surface area contributed by atoms with Crippen molar-refractivity contribution in [3.8, 4) is 0 Å². The lowest BCUT2D eigenvalue weighted by Gasteiger charge is -2.35. The van der Waals surface area contributed by atoms with E-state index < -0.39 is 10.0 Å². The van der Waals surface area contributed by atoms with Crippen LogP contribution >= 0.6 is 0 Å². The fraction of sp³-hybridized carbons (Fsp3) is 0.789. The van der Waals surface area contributed by atoms with E-state index in [4.69, 9.17) is 0 Å². The van der Waals surface area contributed by atoms with E-state index in [2.05, 4.69) is 34.0 Å². The standard InChI is InChI=1S/C19H33N5O3S/c1-15-10-16(2)13-23(12-15)7-3-6-21-19(25)17-4-8-24(9-5-17)28(26,27)18-11-20-14-22-18/h11,14-17H,3-10,12-13H2,1-2H3,(H,20,22)(H,21,25)/t15-,16-/m0/s1. The predicted molar refractivity (Wildman–Crippen MR) is 107 cm³/mol. The summed E-state index contributed by atoms with van der Waals surface area (Å²) >= 11 is 0. The molecule has 2 aliphatic rings. The molecule has 158 valence electrons. The van der Waals surface area contributed by atoms with E-state index in [0.29, 0.717) is 32.5 Å². The van der Waals surface area contributed by atoms with E-state index in [-0.39, 0.29) is 16.9 Å². The fourth-order valence-electron chi connectivity index (χ4n) is 4.51. The first-order valence-electron chi connectivity index (χ1n) is 10.3. The van der Waals surface area contributed by atoms with Crippen LogP contribution in [0, 0.1) is 17.8 Å². The van der Waals surface area contributed by atoms with E-state index in [1.165, 1.54) is 23.3 Å². The van der Waals surface area contributed by atoms with Crippen LogP contribution in [0.25, 0.3) is 0 Å². The lowest BCUT2D eigenvalue weighted by molar-refractivity contribution is -0.126. The van der Waals surface area contributed by atoms with Gasteiger partial charge in [-0.1, -0.05) is 13.8 Å². The van der Waals surface area contributed by atoms with Crippen molar-refractivity contribution in [3.05, 3.63) is 12.5 Å². The molecular weight excluding hydrogens is 378 g/mol. The first-order chi connectivity index (χ1) is 13.4. The Balaban J connectivity index is 1.36. The van der Waals surface area contributed by atoms with Gasteiger partial charge in [-0.25, -0.2) is 13.4 Å². The van der Waals surface area contributed by atoms with Crippen molar-refractivity contribution in [1.82, 2.24) is 24.5 Å². The van der Waals surface area contributed by atoms with Gasteiger partial charge in [0.1, 0.15) is 0 Å². The average Bonchev–Trinajstić information content (AvgIpc) is 3.20. The van der Waals surface area contributed by atoms with Crippen LogP contribution in [-0.4, -0.2) is 72.8 Å². The number of sulfonamides is 1. The summed E-state index contributed by atoms with van der Waals surface area (Å²) in [4.78, 5) is 21.4. The second-order valence-electron chi connectivity index (χ2n) is 8.44. The number of nitrogens with one attached hydrogen (secondary N) is 2. The van der Waals surface area contributed by atoms with Crippen molar-refractivity contribution >= 4 is 15.9 Å². The third-order valence-electron chi connectivity index (χ3n) is 5.81. The number of H-pyrrole nitrogens is 1. The summed E-state index contributed by atoms with van der Waals surface area (Å²) in [6.07, 6.45) is 6.05. The number of aromatic nitrogens is 2. The monoisotopic (exact) mass is 411 g/mol. The van der Waals surface area contributed by atoms with Crippen LogP contribution in [0.15, 0.2) is 17.6 Å². The molecule has 1 aromatic heterocycles. The maximum atomic E-state index is 12.5. The highest BCUT2D eigenvalue weighted by atomic mass is 32.2. The van der Waals surface area contributed by atoms with Gasteiger partial charge in [0.2, 0.25) is 5.91 Å².